The smallest absolute Gasteiger partial charge is 0.311 e. The number of carbonyl (C=O) groups is 2. The number of aromatic nitrogens is 2. The minimum atomic E-state index is -0.970. The molecule has 2 aromatic rings. The molecule has 0 aliphatic carbocycles. The van der Waals surface area contributed by atoms with Gasteiger partial charge in [-0.3, -0.25) is 14.3 Å². The highest BCUT2D eigenvalue weighted by atomic mass is 35.5. The van der Waals surface area contributed by atoms with Crippen molar-refractivity contribution in [1.82, 2.24) is 15.1 Å². The van der Waals surface area contributed by atoms with Gasteiger partial charge in [0.2, 0.25) is 0 Å². The second-order valence-corrected chi connectivity index (χ2v) is 6.43. The van der Waals surface area contributed by atoms with Gasteiger partial charge in [0.05, 0.1) is 16.0 Å². The first-order valence-electron chi connectivity index (χ1n) is 8.14. The van der Waals surface area contributed by atoms with Crippen LogP contribution < -0.4 is 5.32 Å². The lowest BCUT2D eigenvalue weighted by Crippen LogP contribution is -2.42. The van der Waals surface area contributed by atoms with Crippen LogP contribution in [0.25, 0.3) is 11.3 Å². The highest BCUT2D eigenvalue weighted by Crippen LogP contribution is 2.30. The molecule has 0 radical (unpaired) electrons. The summed E-state index contributed by atoms with van der Waals surface area (Å²) >= 11 is 6.22. The Morgan fingerprint density at radius 1 is 1.28 bits per heavy atom. The van der Waals surface area contributed by atoms with Crippen LogP contribution >= 0.6 is 11.6 Å². The lowest BCUT2D eigenvalue weighted by atomic mass is 9.82. The summed E-state index contributed by atoms with van der Waals surface area (Å²) < 4.78 is 1.54. The number of carboxylic acids is 1. The van der Waals surface area contributed by atoms with Crippen molar-refractivity contribution < 1.29 is 14.7 Å². The fourth-order valence-corrected chi connectivity index (χ4v) is 2.95. The molecule has 1 aromatic heterocycles. The molecule has 134 valence electrons. The number of nitrogens with zero attached hydrogens (tertiary/aromatic N) is 2. The summed E-state index contributed by atoms with van der Waals surface area (Å²) in [7, 11) is 1.72. The molecule has 7 heteroatoms. The lowest BCUT2D eigenvalue weighted by Gasteiger charge is -2.26. The van der Waals surface area contributed by atoms with Crippen molar-refractivity contribution in [3.8, 4) is 11.3 Å². The summed E-state index contributed by atoms with van der Waals surface area (Å²) in [4.78, 5) is 24.2. The van der Waals surface area contributed by atoms with Crippen molar-refractivity contribution in [3.63, 3.8) is 0 Å². The van der Waals surface area contributed by atoms with Crippen molar-refractivity contribution >= 4 is 23.5 Å². The van der Waals surface area contributed by atoms with Crippen molar-refractivity contribution in [1.29, 1.82) is 0 Å². The fourth-order valence-electron chi connectivity index (χ4n) is 2.73. The maximum absolute atomic E-state index is 12.7. The van der Waals surface area contributed by atoms with E-state index in [1.165, 1.54) is 4.68 Å². The summed E-state index contributed by atoms with van der Waals surface area (Å²) in [6, 6.07) is 7.15. The van der Waals surface area contributed by atoms with Crippen molar-refractivity contribution in [3.05, 3.63) is 41.0 Å². The van der Waals surface area contributed by atoms with Gasteiger partial charge in [0.1, 0.15) is 5.69 Å². The van der Waals surface area contributed by atoms with E-state index in [1.54, 1.807) is 31.4 Å². The maximum Gasteiger partial charge on any atom is 0.311 e. The second-order valence-electron chi connectivity index (χ2n) is 6.02. The number of aryl methyl sites for hydroxylation is 1. The average Bonchev–Trinajstić information content (AvgIpc) is 2.98. The second kappa shape index (κ2) is 7.70. The SMILES string of the molecule is CCC(CC)(CNC(=O)c1cn(C)nc1-c1ccccc1Cl)C(=O)O. The molecule has 0 saturated heterocycles. The van der Waals surface area contributed by atoms with E-state index in [4.69, 9.17) is 11.6 Å². The average molecular weight is 364 g/mol. The normalized spacial score (nSPS) is 11.4. The molecule has 1 amide bonds. The number of carbonyl (C=O) groups excluding carboxylic acids is 1. The molecule has 0 fully saturated rings. The molecular formula is C18H22ClN3O3. The van der Waals surface area contributed by atoms with E-state index >= 15 is 0 Å². The Morgan fingerprint density at radius 3 is 2.48 bits per heavy atom. The minimum absolute atomic E-state index is 0.0605. The zero-order chi connectivity index (χ0) is 18.6. The minimum Gasteiger partial charge on any atom is -0.481 e. The third kappa shape index (κ3) is 3.85. The molecule has 0 unspecified atom stereocenters. The summed E-state index contributed by atoms with van der Waals surface area (Å²) in [5.41, 5.74) is 0.523. The number of amides is 1. The van der Waals surface area contributed by atoms with Crippen LogP contribution in [-0.4, -0.2) is 33.3 Å². The largest absolute Gasteiger partial charge is 0.481 e. The number of hydrogen-bond donors (Lipinski definition) is 2. The molecule has 6 nitrogen and oxygen atoms in total. The van der Waals surface area contributed by atoms with Crippen molar-refractivity contribution in [2.24, 2.45) is 12.5 Å². The Bertz CT molecular complexity index is 782. The lowest BCUT2D eigenvalue weighted by molar-refractivity contribution is -0.149. The van der Waals surface area contributed by atoms with Gasteiger partial charge in [0.15, 0.2) is 0 Å². The third-order valence-electron chi connectivity index (χ3n) is 4.60. The molecular weight excluding hydrogens is 342 g/mol. The Morgan fingerprint density at radius 2 is 1.92 bits per heavy atom. The van der Waals surface area contributed by atoms with Crippen molar-refractivity contribution in [2.45, 2.75) is 26.7 Å². The van der Waals surface area contributed by atoms with E-state index in [9.17, 15) is 14.7 Å². The van der Waals surface area contributed by atoms with Crippen LogP contribution in [0.2, 0.25) is 5.02 Å². The zero-order valence-corrected chi connectivity index (χ0v) is 15.3. The molecule has 25 heavy (non-hydrogen) atoms. The van der Waals surface area contributed by atoms with E-state index in [0.717, 1.165) is 0 Å². The molecule has 0 bridgehead atoms. The first kappa shape index (κ1) is 19.0. The van der Waals surface area contributed by atoms with Gasteiger partial charge in [-0.15, -0.1) is 0 Å². The Kier molecular flexibility index (Phi) is 5.85. The summed E-state index contributed by atoms with van der Waals surface area (Å²) in [5.74, 6) is -1.27. The molecule has 2 rings (SSSR count). The van der Waals surface area contributed by atoms with Gasteiger partial charge in [-0.2, -0.15) is 5.10 Å². The number of carboxylic acid groups (broad SMARTS) is 1. The van der Waals surface area contributed by atoms with E-state index in [0.29, 0.717) is 34.7 Å². The Balaban J connectivity index is 2.29. The van der Waals surface area contributed by atoms with Gasteiger partial charge in [-0.05, 0) is 18.9 Å². The zero-order valence-electron chi connectivity index (χ0n) is 14.5. The predicted molar refractivity (Wildman–Crippen MR) is 96.6 cm³/mol. The van der Waals surface area contributed by atoms with Crippen LogP contribution in [0.15, 0.2) is 30.5 Å². The van der Waals surface area contributed by atoms with Gasteiger partial charge in [0.25, 0.3) is 5.91 Å². The van der Waals surface area contributed by atoms with Gasteiger partial charge in [-0.1, -0.05) is 43.6 Å². The summed E-state index contributed by atoms with van der Waals surface area (Å²) in [6.45, 7) is 3.68. The Labute approximate surface area is 151 Å². The van der Waals surface area contributed by atoms with Gasteiger partial charge < -0.3 is 10.4 Å². The molecule has 0 spiro atoms. The van der Waals surface area contributed by atoms with Gasteiger partial charge in [-0.25, -0.2) is 0 Å². The Hall–Kier alpha value is -2.34. The molecule has 0 atom stereocenters. The molecule has 1 heterocycles. The number of nitrogens with one attached hydrogen (secondary N) is 1. The molecule has 2 N–H and O–H groups in total. The van der Waals surface area contributed by atoms with Crippen LogP contribution in [0.1, 0.15) is 37.0 Å². The van der Waals surface area contributed by atoms with Crippen LogP contribution in [0.4, 0.5) is 0 Å². The number of aliphatic carboxylic acids is 1. The number of rotatable bonds is 7. The number of halogens is 1. The van der Waals surface area contributed by atoms with Gasteiger partial charge in [0, 0.05) is 25.4 Å². The van der Waals surface area contributed by atoms with E-state index in [-0.39, 0.29) is 12.5 Å². The van der Waals surface area contributed by atoms with Gasteiger partial charge >= 0.3 is 5.97 Å². The third-order valence-corrected chi connectivity index (χ3v) is 4.93. The van der Waals surface area contributed by atoms with Crippen LogP contribution in [-0.2, 0) is 11.8 Å². The molecule has 1 aromatic carbocycles. The molecule has 0 saturated carbocycles. The predicted octanol–water partition coefficient (Wildman–Crippen LogP) is 3.36. The highest BCUT2D eigenvalue weighted by Gasteiger charge is 2.35. The first-order chi connectivity index (χ1) is 11.8. The van der Waals surface area contributed by atoms with Crippen LogP contribution in [0, 0.1) is 5.41 Å². The van der Waals surface area contributed by atoms with Crippen LogP contribution in [0.3, 0.4) is 0 Å². The fraction of sp³-hybridized carbons (Fsp3) is 0.389. The molecule has 0 aliphatic heterocycles. The highest BCUT2D eigenvalue weighted by molar-refractivity contribution is 6.33. The standard InChI is InChI=1S/C18H22ClN3O3/c1-4-18(5-2,17(24)25)11-20-16(23)13-10-22(3)21-15(13)12-8-6-7-9-14(12)19/h6-10H,4-5,11H2,1-3H3,(H,20,23)(H,24,25). The maximum atomic E-state index is 12.7. The van der Waals surface area contributed by atoms with E-state index in [1.807, 2.05) is 19.9 Å². The summed E-state index contributed by atoms with van der Waals surface area (Å²) in [6.07, 6.45) is 2.47. The van der Waals surface area contributed by atoms with Crippen LogP contribution in [0.5, 0.6) is 0 Å². The van der Waals surface area contributed by atoms with E-state index < -0.39 is 11.4 Å². The summed E-state index contributed by atoms with van der Waals surface area (Å²) in [5, 5.41) is 17.1. The van der Waals surface area contributed by atoms with Crippen molar-refractivity contribution in [2.75, 3.05) is 6.54 Å². The molecule has 0 aliphatic rings. The van der Waals surface area contributed by atoms with E-state index in [2.05, 4.69) is 10.4 Å². The quantitative estimate of drug-likeness (QED) is 0.790. The topological polar surface area (TPSA) is 84.2 Å². The number of hydrogen-bond acceptors (Lipinski definition) is 3. The number of benzene rings is 1. The monoisotopic (exact) mass is 363 g/mol. The first-order valence-corrected chi connectivity index (χ1v) is 8.52.